The minimum Gasteiger partial charge on any atom is -0.425 e. The van der Waals surface area contributed by atoms with Crippen LogP contribution in [0.2, 0.25) is 0 Å². The van der Waals surface area contributed by atoms with Gasteiger partial charge in [0.2, 0.25) is 18.2 Å². The maximum atomic E-state index is 12.0. The molecule has 0 aliphatic heterocycles. The van der Waals surface area contributed by atoms with Crippen molar-refractivity contribution in [2.75, 3.05) is 0 Å². The normalized spacial score (nSPS) is 21.7. The van der Waals surface area contributed by atoms with Crippen molar-refractivity contribution in [1.29, 1.82) is 0 Å². The summed E-state index contributed by atoms with van der Waals surface area (Å²) in [4.78, 5) is 10.2. The Bertz CT molecular complexity index is 509. The number of allylic oxidation sites excluding steroid dienone is 1. The molecule has 0 bridgehead atoms. The lowest BCUT2D eigenvalue weighted by atomic mass is 9.82. The van der Waals surface area contributed by atoms with Gasteiger partial charge in [0.1, 0.15) is 0 Å². The molecule has 0 unspecified atom stereocenters. The van der Waals surface area contributed by atoms with Crippen molar-refractivity contribution < 1.29 is 27.1 Å². The molecule has 1 aromatic heterocycles. The summed E-state index contributed by atoms with van der Waals surface area (Å²) in [6, 6.07) is 0. The third-order valence-electron chi connectivity index (χ3n) is 3.13. The van der Waals surface area contributed by atoms with Gasteiger partial charge in [-0.05, 0) is 19.3 Å². The first kappa shape index (κ1) is 15.5. The zero-order valence-electron chi connectivity index (χ0n) is 11.0. The van der Waals surface area contributed by atoms with Crippen LogP contribution in [0.1, 0.15) is 37.0 Å². The molecule has 0 radical (unpaired) electrons. The second-order valence-electron chi connectivity index (χ2n) is 4.75. The summed E-state index contributed by atoms with van der Waals surface area (Å²) in [5, 5.41) is 10.0. The number of carbonyl (C=O) groups is 1. The van der Waals surface area contributed by atoms with Crippen LogP contribution in [0.15, 0.2) is 16.7 Å². The van der Waals surface area contributed by atoms with Crippen LogP contribution in [0, 0.1) is 0 Å². The number of rotatable bonds is 7. The molecule has 0 spiro atoms. The minimum absolute atomic E-state index is 0.199. The molecule has 1 heterocycles. The lowest BCUT2D eigenvalue weighted by Gasteiger charge is -2.32. The van der Waals surface area contributed by atoms with Crippen molar-refractivity contribution in [3.8, 4) is 0 Å². The lowest BCUT2D eigenvalue weighted by Crippen LogP contribution is -2.34. The summed E-state index contributed by atoms with van der Waals surface area (Å²) in [5.41, 5.74) is 0.520. The van der Waals surface area contributed by atoms with Crippen LogP contribution in [0.5, 0.6) is 0 Å². The number of halogens is 3. The molecule has 1 aliphatic carbocycles. The van der Waals surface area contributed by atoms with E-state index in [0.29, 0.717) is 36.7 Å². The van der Waals surface area contributed by atoms with Crippen molar-refractivity contribution in [2.24, 2.45) is 0 Å². The van der Waals surface area contributed by atoms with Gasteiger partial charge in [-0.15, -0.1) is 23.4 Å². The van der Waals surface area contributed by atoms with E-state index in [-0.39, 0.29) is 18.8 Å². The third kappa shape index (κ3) is 4.55. The van der Waals surface area contributed by atoms with E-state index in [0.717, 1.165) is 0 Å². The maximum absolute atomic E-state index is 12.0. The molecule has 1 amide bonds. The first-order valence-corrected chi connectivity index (χ1v) is 6.32. The number of alkyl halides is 3. The lowest BCUT2D eigenvalue weighted by molar-refractivity contribution is -0.352. The summed E-state index contributed by atoms with van der Waals surface area (Å²) in [7, 11) is 0. The number of aryl methyl sites for hydroxylation is 1. The van der Waals surface area contributed by atoms with Crippen LogP contribution < -0.4 is 5.32 Å². The molecule has 1 saturated carbocycles. The first-order valence-electron chi connectivity index (χ1n) is 6.32. The van der Waals surface area contributed by atoms with Crippen molar-refractivity contribution >= 4 is 6.41 Å². The molecule has 1 aromatic rings. The van der Waals surface area contributed by atoms with E-state index in [1.807, 2.05) is 0 Å². The molecule has 2 rings (SSSR count). The number of aromatic nitrogens is 2. The highest BCUT2D eigenvalue weighted by Crippen LogP contribution is 2.40. The number of hydrogen-bond acceptors (Lipinski definition) is 5. The van der Waals surface area contributed by atoms with E-state index in [4.69, 9.17) is 4.42 Å². The fourth-order valence-electron chi connectivity index (χ4n) is 2.00. The average Bonchev–Trinajstić information content (AvgIpc) is 2.78. The fourth-order valence-corrected chi connectivity index (χ4v) is 2.00. The van der Waals surface area contributed by atoms with Crippen molar-refractivity contribution in [3.63, 3.8) is 0 Å². The van der Waals surface area contributed by atoms with E-state index >= 15 is 0 Å². The Morgan fingerprint density at radius 3 is 2.81 bits per heavy atom. The van der Waals surface area contributed by atoms with Gasteiger partial charge < -0.3 is 9.73 Å². The second kappa shape index (κ2) is 6.25. The third-order valence-corrected chi connectivity index (χ3v) is 3.13. The van der Waals surface area contributed by atoms with E-state index in [2.05, 4.69) is 26.8 Å². The molecule has 0 aromatic carbocycles. The highest BCUT2D eigenvalue weighted by Gasteiger charge is 2.42. The molecule has 1 N–H and O–H groups in total. The van der Waals surface area contributed by atoms with Crippen LogP contribution in [-0.4, -0.2) is 29.1 Å². The Kier molecular flexibility index (Phi) is 4.61. The monoisotopic (exact) mass is 305 g/mol. The average molecular weight is 305 g/mol. The molecular formula is C12H14F3N3O3. The van der Waals surface area contributed by atoms with Gasteiger partial charge in [-0.1, -0.05) is 6.58 Å². The van der Waals surface area contributed by atoms with Crippen molar-refractivity contribution in [1.82, 2.24) is 15.5 Å². The van der Waals surface area contributed by atoms with Crippen molar-refractivity contribution in [2.45, 2.75) is 44.1 Å². The molecule has 116 valence electrons. The van der Waals surface area contributed by atoms with Gasteiger partial charge in [0.25, 0.3) is 0 Å². The molecular weight excluding hydrogens is 291 g/mol. The van der Waals surface area contributed by atoms with Gasteiger partial charge in [-0.25, -0.2) is 0 Å². The summed E-state index contributed by atoms with van der Waals surface area (Å²) >= 11 is 0. The summed E-state index contributed by atoms with van der Waals surface area (Å²) in [6.45, 7) is 3.62. The summed E-state index contributed by atoms with van der Waals surface area (Å²) < 4.78 is 45.2. The number of nitrogens with one attached hydrogen (secondary N) is 1. The number of amides is 1. The van der Waals surface area contributed by atoms with E-state index < -0.39 is 12.5 Å². The quantitative estimate of drug-likeness (QED) is 0.780. The zero-order chi connectivity index (χ0) is 15.5. The molecule has 0 atom stereocenters. The number of hydrogen-bond donors (Lipinski definition) is 1. The van der Waals surface area contributed by atoms with Gasteiger partial charge in [0.15, 0.2) is 0 Å². The van der Waals surface area contributed by atoms with Gasteiger partial charge in [0.05, 0.1) is 6.10 Å². The zero-order valence-corrected chi connectivity index (χ0v) is 11.0. The standard InChI is InChI=1S/C12H14F3N3O3/c1-7(16-6-19)2-3-10-17-18-11(20-10)8-4-9(5-8)21-12(13,14)15/h6,8-9H,1-5H2,(H,16,19). The molecule has 0 saturated heterocycles. The molecule has 9 heteroatoms. The van der Waals surface area contributed by atoms with Gasteiger partial charge >= 0.3 is 6.36 Å². The molecule has 21 heavy (non-hydrogen) atoms. The van der Waals surface area contributed by atoms with E-state index in [1.165, 1.54) is 0 Å². The number of carbonyl (C=O) groups excluding carboxylic acids is 1. The second-order valence-corrected chi connectivity index (χ2v) is 4.75. The predicted octanol–water partition coefficient (Wildman–Crippen LogP) is 2.04. The van der Waals surface area contributed by atoms with Crippen LogP contribution >= 0.6 is 0 Å². The van der Waals surface area contributed by atoms with Crippen LogP contribution in [0.4, 0.5) is 13.2 Å². The Morgan fingerprint density at radius 2 is 2.19 bits per heavy atom. The van der Waals surface area contributed by atoms with Crippen LogP contribution in [-0.2, 0) is 16.0 Å². The number of ether oxygens (including phenoxy) is 1. The van der Waals surface area contributed by atoms with Gasteiger partial charge in [-0.2, -0.15) is 0 Å². The first-order chi connectivity index (χ1) is 9.87. The van der Waals surface area contributed by atoms with E-state index in [1.54, 1.807) is 0 Å². The SMILES string of the molecule is C=C(CCc1nnc(C2CC(OC(F)(F)F)C2)o1)NC=O. The maximum Gasteiger partial charge on any atom is 0.522 e. The Labute approximate surface area is 118 Å². The Hall–Kier alpha value is -1.90. The van der Waals surface area contributed by atoms with Gasteiger partial charge in [-0.3, -0.25) is 9.53 Å². The minimum atomic E-state index is -4.61. The van der Waals surface area contributed by atoms with Crippen LogP contribution in [0.3, 0.4) is 0 Å². The molecule has 1 aliphatic rings. The highest BCUT2D eigenvalue weighted by atomic mass is 19.4. The topological polar surface area (TPSA) is 77.2 Å². The highest BCUT2D eigenvalue weighted by molar-refractivity contribution is 5.49. The van der Waals surface area contributed by atoms with Gasteiger partial charge in [0, 0.05) is 18.0 Å². The molecule has 1 fully saturated rings. The van der Waals surface area contributed by atoms with Crippen LogP contribution in [0.25, 0.3) is 0 Å². The van der Waals surface area contributed by atoms with Crippen molar-refractivity contribution in [3.05, 3.63) is 24.1 Å². The summed E-state index contributed by atoms with van der Waals surface area (Å²) in [5.74, 6) is 0.481. The smallest absolute Gasteiger partial charge is 0.425 e. The largest absolute Gasteiger partial charge is 0.522 e. The van der Waals surface area contributed by atoms with E-state index in [9.17, 15) is 18.0 Å². The Balaban J connectivity index is 1.77. The molecule has 6 nitrogen and oxygen atoms in total. The predicted molar refractivity (Wildman–Crippen MR) is 63.9 cm³/mol. The Morgan fingerprint density at radius 1 is 1.48 bits per heavy atom. The summed E-state index contributed by atoms with van der Waals surface area (Å²) in [6.07, 6.45) is -3.66. The fraction of sp³-hybridized carbons (Fsp3) is 0.583. The number of nitrogens with zero attached hydrogens (tertiary/aromatic N) is 2.